The topological polar surface area (TPSA) is 91.0 Å². The fraction of sp³-hybridized carbons (Fsp3) is 0.565. The Bertz CT molecular complexity index is 900. The number of aliphatic imine (C=N–C) groups is 1. The van der Waals surface area contributed by atoms with E-state index < -0.39 is 0 Å². The Balaban J connectivity index is 1.47. The molecule has 0 bridgehead atoms. The maximum atomic E-state index is 11.6. The molecule has 1 amide bonds. The van der Waals surface area contributed by atoms with Crippen LogP contribution in [0.1, 0.15) is 31.4 Å². The molecule has 3 N–H and O–H groups in total. The van der Waals surface area contributed by atoms with E-state index in [1.165, 1.54) is 5.69 Å². The monoisotopic (exact) mass is 429 g/mol. The molecular weight excluding hydrogens is 394 g/mol. The number of amides is 1. The van der Waals surface area contributed by atoms with Gasteiger partial charge in [-0.25, -0.2) is 0 Å². The van der Waals surface area contributed by atoms with E-state index in [-0.39, 0.29) is 5.91 Å². The van der Waals surface area contributed by atoms with Gasteiger partial charge in [-0.15, -0.1) is 0 Å². The summed E-state index contributed by atoms with van der Waals surface area (Å²) < 4.78 is 10.9. The third-order valence-electron chi connectivity index (χ3n) is 5.97. The number of piperidine rings is 1. The van der Waals surface area contributed by atoms with E-state index in [0.29, 0.717) is 12.3 Å². The lowest BCUT2D eigenvalue weighted by atomic mass is 9.93. The molecule has 8 heteroatoms. The van der Waals surface area contributed by atoms with Gasteiger partial charge >= 0.3 is 0 Å². The quantitative estimate of drug-likeness (QED) is 0.341. The lowest BCUT2D eigenvalue weighted by Crippen LogP contribution is -2.46. The molecule has 8 nitrogen and oxygen atoms in total. The summed E-state index contributed by atoms with van der Waals surface area (Å²) in [4.78, 5) is 21.8. The van der Waals surface area contributed by atoms with E-state index in [2.05, 4.69) is 31.6 Å². The van der Waals surface area contributed by atoms with Crippen LogP contribution in [0.25, 0.3) is 10.9 Å². The molecule has 170 valence electrons. The van der Waals surface area contributed by atoms with Crippen molar-refractivity contribution >= 4 is 22.8 Å². The molecule has 1 aliphatic heterocycles. The number of aromatic amines is 1. The van der Waals surface area contributed by atoms with E-state index >= 15 is 0 Å². The third kappa shape index (κ3) is 5.83. The molecule has 0 aliphatic carbocycles. The number of methoxy groups -OCH3 is 2. The van der Waals surface area contributed by atoms with Crippen molar-refractivity contribution in [2.24, 2.45) is 10.9 Å². The number of likely N-dealkylation sites (tertiary alicyclic amines) is 1. The van der Waals surface area contributed by atoms with Crippen molar-refractivity contribution in [3.05, 3.63) is 23.9 Å². The molecule has 31 heavy (non-hydrogen) atoms. The van der Waals surface area contributed by atoms with Crippen LogP contribution in [0, 0.1) is 5.92 Å². The van der Waals surface area contributed by atoms with Crippen LogP contribution < -0.4 is 20.1 Å². The van der Waals surface area contributed by atoms with E-state index in [0.717, 1.165) is 73.7 Å². The zero-order chi connectivity index (χ0) is 22.2. The molecule has 3 rings (SSSR count). The van der Waals surface area contributed by atoms with Gasteiger partial charge in [0.15, 0.2) is 5.96 Å². The minimum Gasteiger partial charge on any atom is -0.497 e. The first-order chi connectivity index (χ1) is 15.1. The van der Waals surface area contributed by atoms with Crippen molar-refractivity contribution in [1.29, 1.82) is 0 Å². The number of hydrogen-bond acceptors (Lipinski definition) is 4. The van der Waals surface area contributed by atoms with Gasteiger partial charge in [0, 0.05) is 63.4 Å². The summed E-state index contributed by atoms with van der Waals surface area (Å²) in [5.41, 5.74) is 2.20. The average molecular weight is 430 g/mol. The molecule has 1 saturated heterocycles. The van der Waals surface area contributed by atoms with Crippen LogP contribution in [0.2, 0.25) is 0 Å². The van der Waals surface area contributed by atoms with Gasteiger partial charge in [-0.1, -0.05) is 0 Å². The number of carbonyl (C=O) groups is 1. The summed E-state index contributed by atoms with van der Waals surface area (Å²) >= 11 is 0. The van der Waals surface area contributed by atoms with E-state index in [1.54, 1.807) is 21.3 Å². The molecule has 2 aromatic rings. The predicted octanol–water partition coefficient (Wildman–Crippen LogP) is 2.54. The summed E-state index contributed by atoms with van der Waals surface area (Å²) in [5, 5.41) is 7.28. The number of fused-ring (bicyclic) bond motifs is 1. The lowest BCUT2D eigenvalue weighted by molar-refractivity contribution is -0.121. The number of benzene rings is 1. The van der Waals surface area contributed by atoms with Crippen LogP contribution in [-0.4, -0.2) is 69.7 Å². The predicted molar refractivity (Wildman–Crippen MR) is 124 cm³/mol. The summed E-state index contributed by atoms with van der Waals surface area (Å²) in [6.45, 7) is 2.72. The van der Waals surface area contributed by atoms with Crippen molar-refractivity contribution < 1.29 is 14.3 Å². The van der Waals surface area contributed by atoms with Crippen LogP contribution >= 0.6 is 0 Å². The van der Waals surface area contributed by atoms with E-state index in [9.17, 15) is 4.79 Å². The Hall–Kier alpha value is -2.90. The summed E-state index contributed by atoms with van der Waals surface area (Å²) in [6, 6.07) is 6.05. The smallest absolute Gasteiger partial charge is 0.220 e. The summed E-state index contributed by atoms with van der Waals surface area (Å²) in [5.74, 6) is 3.14. The first kappa shape index (κ1) is 22.8. The number of guanidine groups is 1. The van der Waals surface area contributed by atoms with Gasteiger partial charge in [0.05, 0.1) is 19.7 Å². The number of hydrogen-bond donors (Lipinski definition) is 3. The summed E-state index contributed by atoms with van der Waals surface area (Å²) in [6.07, 6.45) is 4.58. The number of nitrogens with one attached hydrogen (secondary N) is 3. The van der Waals surface area contributed by atoms with Gasteiger partial charge in [-0.2, -0.15) is 0 Å². The van der Waals surface area contributed by atoms with Crippen molar-refractivity contribution in [2.45, 2.75) is 32.1 Å². The van der Waals surface area contributed by atoms with Gasteiger partial charge < -0.3 is 30.0 Å². The van der Waals surface area contributed by atoms with Gasteiger partial charge in [0.25, 0.3) is 0 Å². The molecule has 0 unspecified atom stereocenters. The number of carbonyl (C=O) groups excluding carboxylic acids is 1. The molecule has 0 atom stereocenters. The highest BCUT2D eigenvalue weighted by molar-refractivity contribution is 5.88. The second-order valence-corrected chi connectivity index (χ2v) is 7.97. The van der Waals surface area contributed by atoms with Gasteiger partial charge in [0.1, 0.15) is 11.5 Å². The van der Waals surface area contributed by atoms with Crippen LogP contribution in [0.4, 0.5) is 0 Å². The largest absolute Gasteiger partial charge is 0.497 e. The number of rotatable bonds is 8. The second-order valence-electron chi connectivity index (χ2n) is 7.97. The molecule has 0 radical (unpaired) electrons. The Morgan fingerprint density at radius 3 is 2.65 bits per heavy atom. The Morgan fingerprint density at radius 1 is 1.23 bits per heavy atom. The minimum absolute atomic E-state index is 0.133. The minimum atomic E-state index is 0.133. The molecule has 2 heterocycles. The number of aryl methyl sites for hydroxylation is 1. The van der Waals surface area contributed by atoms with Gasteiger partial charge in [-0.05, 0) is 37.7 Å². The van der Waals surface area contributed by atoms with E-state index in [1.807, 2.05) is 19.2 Å². The fourth-order valence-corrected chi connectivity index (χ4v) is 4.18. The van der Waals surface area contributed by atoms with Crippen molar-refractivity contribution in [3.8, 4) is 11.5 Å². The summed E-state index contributed by atoms with van der Waals surface area (Å²) in [7, 11) is 6.87. The lowest BCUT2D eigenvalue weighted by Gasteiger charge is -2.34. The van der Waals surface area contributed by atoms with Crippen molar-refractivity contribution in [1.82, 2.24) is 20.5 Å². The fourth-order valence-electron chi connectivity index (χ4n) is 4.18. The normalized spacial score (nSPS) is 15.2. The number of nitrogens with zero attached hydrogens (tertiary/aromatic N) is 2. The first-order valence-corrected chi connectivity index (χ1v) is 11.0. The Morgan fingerprint density at radius 2 is 2.00 bits per heavy atom. The molecule has 1 fully saturated rings. The maximum Gasteiger partial charge on any atom is 0.220 e. The van der Waals surface area contributed by atoms with Crippen LogP contribution in [0.3, 0.4) is 0 Å². The number of H-pyrrole nitrogens is 1. The maximum absolute atomic E-state index is 11.6. The molecule has 0 saturated carbocycles. The highest BCUT2D eigenvalue weighted by atomic mass is 16.5. The van der Waals surface area contributed by atoms with Crippen LogP contribution in [0.15, 0.2) is 23.2 Å². The van der Waals surface area contributed by atoms with Gasteiger partial charge in [0.2, 0.25) is 5.91 Å². The Labute approximate surface area is 184 Å². The number of ether oxygens (including phenoxy) is 2. The third-order valence-corrected chi connectivity index (χ3v) is 5.97. The van der Waals surface area contributed by atoms with E-state index in [4.69, 9.17) is 9.47 Å². The molecule has 0 spiro atoms. The van der Waals surface area contributed by atoms with Crippen molar-refractivity contribution in [2.75, 3.05) is 47.9 Å². The van der Waals surface area contributed by atoms with Crippen molar-refractivity contribution in [3.63, 3.8) is 0 Å². The van der Waals surface area contributed by atoms with Gasteiger partial charge in [-0.3, -0.25) is 9.79 Å². The molecule has 1 aromatic carbocycles. The molecule has 1 aliphatic rings. The Kier molecular flexibility index (Phi) is 8.03. The van der Waals surface area contributed by atoms with Crippen LogP contribution in [-0.2, 0) is 11.2 Å². The SMILES string of the molecule is CN=C(NCCCc1cc2c(OC)cc(OC)cc2[nH]1)N1CCC(CC(=O)NC)CC1. The zero-order valence-corrected chi connectivity index (χ0v) is 19.1. The highest BCUT2D eigenvalue weighted by Crippen LogP contribution is 2.31. The first-order valence-electron chi connectivity index (χ1n) is 11.0. The second kappa shape index (κ2) is 10.9. The zero-order valence-electron chi connectivity index (χ0n) is 19.1. The number of aromatic nitrogens is 1. The average Bonchev–Trinajstić information content (AvgIpc) is 3.21. The molecule has 1 aromatic heterocycles. The van der Waals surface area contributed by atoms with Crippen LogP contribution in [0.5, 0.6) is 11.5 Å². The standard InChI is InChI=1S/C23H35N5O3/c1-24-22(29)12-16-7-10-28(11-8-16)23(25-2)26-9-5-6-17-13-19-20(27-17)14-18(30-3)15-21(19)31-4/h13-16,27H,5-12H2,1-4H3,(H,24,29)(H,25,26). The highest BCUT2D eigenvalue weighted by Gasteiger charge is 2.22. The molecular formula is C23H35N5O3.